The lowest BCUT2D eigenvalue weighted by atomic mass is 10.0. The number of rotatable bonds is 13. The van der Waals surface area contributed by atoms with Crippen LogP contribution in [0.4, 0.5) is 4.79 Å². The lowest BCUT2D eigenvalue weighted by molar-refractivity contribution is -0.150. The van der Waals surface area contributed by atoms with Crippen molar-refractivity contribution >= 4 is 23.9 Å². The average molecular weight is 522 g/mol. The number of hydrogen-bond donors (Lipinski definition) is 3. The van der Waals surface area contributed by atoms with Gasteiger partial charge in [0.25, 0.3) is 0 Å². The van der Waals surface area contributed by atoms with Gasteiger partial charge in [0.15, 0.2) is 0 Å². The summed E-state index contributed by atoms with van der Waals surface area (Å²) >= 11 is 0. The molecule has 0 bridgehead atoms. The highest BCUT2D eigenvalue weighted by Crippen LogP contribution is 2.45. The van der Waals surface area contributed by atoms with Crippen molar-refractivity contribution in [3.8, 4) is 0 Å². The van der Waals surface area contributed by atoms with E-state index in [2.05, 4.69) is 23.8 Å². The first-order chi connectivity index (χ1) is 17.4. The van der Waals surface area contributed by atoms with Crippen molar-refractivity contribution in [2.75, 3.05) is 13.2 Å². The van der Waals surface area contributed by atoms with E-state index >= 15 is 0 Å². The van der Waals surface area contributed by atoms with Gasteiger partial charge in [-0.2, -0.15) is 0 Å². The summed E-state index contributed by atoms with van der Waals surface area (Å²) in [5, 5.41) is 15.8. The lowest BCUT2D eigenvalue weighted by Gasteiger charge is -2.30. The molecule has 3 N–H and O–H groups in total. The van der Waals surface area contributed by atoms with Gasteiger partial charge in [-0.15, -0.1) is 13.2 Å². The third-order valence-electron chi connectivity index (χ3n) is 6.54. The lowest BCUT2D eigenvalue weighted by Crippen LogP contribution is -2.56. The largest absolute Gasteiger partial charge is 0.464 e. The third-order valence-corrected chi connectivity index (χ3v) is 6.54. The van der Waals surface area contributed by atoms with E-state index < -0.39 is 53.2 Å². The molecule has 0 aromatic rings. The van der Waals surface area contributed by atoms with Gasteiger partial charge in [-0.1, -0.05) is 25.0 Å². The molecular weight excluding hydrogens is 478 g/mol. The van der Waals surface area contributed by atoms with Crippen molar-refractivity contribution in [2.24, 2.45) is 5.92 Å². The maximum Gasteiger partial charge on any atom is 0.408 e. The Hall–Kier alpha value is -2.88. The van der Waals surface area contributed by atoms with Gasteiger partial charge in [-0.05, 0) is 53.4 Å². The molecule has 1 saturated carbocycles. The van der Waals surface area contributed by atoms with Crippen molar-refractivity contribution < 1.29 is 33.8 Å². The quantitative estimate of drug-likeness (QED) is 0.193. The number of allylic oxidation sites excluding steroid dienone is 1. The summed E-state index contributed by atoms with van der Waals surface area (Å²) < 4.78 is 10.5. The predicted molar refractivity (Wildman–Crippen MR) is 138 cm³/mol. The Morgan fingerprint density at radius 2 is 1.89 bits per heavy atom. The zero-order valence-electron chi connectivity index (χ0n) is 22.6. The van der Waals surface area contributed by atoms with E-state index in [1.54, 1.807) is 33.8 Å². The number of hydrogen-bond acceptors (Lipinski definition) is 7. The van der Waals surface area contributed by atoms with Gasteiger partial charge < -0.3 is 30.1 Å². The summed E-state index contributed by atoms with van der Waals surface area (Å²) in [4.78, 5) is 53.3. The summed E-state index contributed by atoms with van der Waals surface area (Å²) in [7, 11) is 0. The summed E-state index contributed by atoms with van der Waals surface area (Å²) in [5.74, 6) is -1.85. The first-order valence-corrected chi connectivity index (χ1v) is 13.1. The Morgan fingerprint density at radius 1 is 1.19 bits per heavy atom. The van der Waals surface area contributed by atoms with Crippen LogP contribution in [0.15, 0.2) is 25.3 Å². The highest BCUT2D eigenvalue weighted by molar-refractivity contribution is 5.96. The number of carbonyl (C=O) groups excluding carboxylic acids is 4. The van der Waals surface area contributed by atoms with E-state index in [1.165, 1.54) is 4.90 Å². The minimum Gasteiger partial charge on any atom is -0.464 e. The summed E-state index contributed by atoms with van der Waals surface area (Å²) in [6, 6.07) is -1.93. The van der Waals surface area contributed by atoms with E-state index in [1.807, 2.05) is 6.08 Å². The second kappa shape index (κ2) is 13.1. The van der Waals surface area contributed by atoms with Gasteiger partial charge in [-0.3, -0.25) is 9.59 Å². The van der Waals surface area contributed by atoms with Crippen LogP contribution >= 0.6 is 0 Å². The molecule has 0 aromatic carbocycles. The number of likely N-dealkylation sites (tertiary alicyclic amines) is 1. The second-order valence-electron chi connectivity index (χ2n) is 10.7. The average Bonchev–Trinajstić information content (AvgIpc) is 3.39. The molecule has 1 aliphatic carbocycles. The molecule has 2 fully saturated rings. The standard InChI is InChI=1S/C27H43N3O7/c1-7-10-11-12-13-14-20(28-25(35)37-26(4,5)6)23(33)30-17-19(31)15-21(30)22(32)29-27(16-18(27)8-2)24(34)36-9-3/h7-8,18-21,31H,1-2,9-17H2,3-6H3,(H,28,35)(H,29,32)/t18-,19-,20+,21+,27-/m1/s1. The predicted octanol–water partition coefficient (Wildman–Crippen LogP) is 2.60. The number of carbonyl (C=O) groups is 4. The topological polar surface area (TPSA) is 134 Å². The van der Waals surface area contributed by atoms with Crippen LogP contribution in [0, 0.1) is 5.92 Å². The normalized spacial score (nSPS) is 25.5. The van der Waals surface area contributed by atoms with Gasteiger partial charge in [-0.25, -0.2) is 9.59 Å². The molecule has 0 unspecified atom stereocenters. The van der Waals surface area contributed by atoms with E-state index in [0.717, 1.165) is 19.3 Å². The monoisotopic (exact) mass is 521 g/mol. The first-order valence-electron chi connectivity index (χ1n) is 13.1. The van der Waals surface area contributed by atoms with Crippen LogP contribution in [0.25, 0.3) is 0 Å². The van der Waals surface area contributed by atoms with E-state index in [-0.39, 0.29) is 25.5 Å². The van der Waals surface area contributed by atoms with Crippen LogP contribution < -0.4 is 10.6 Å². The van der Waals surface area contributed by atoms with Crippen LogP contribution in [0.5, 0.6) is 0 Å². The number of β-amino-alcohol motifs (C(OH)–C–C–N with tert-alkyl or cyclic N) is 1. The molecule has 0 spiro atoms. The summed E-state index contributed by atoms with van der Waals surface area (Å²) in [6.45, 7) is 14.4. The van der Waals surface area contributed by atoms with Crippen molar-refractivity contribution in [3.63, 3.8) is 0 Å². The molecule has 10 nitrogen and oxygen atoms in total. The van der Waals surface area contributed by atoms with Crippen molar-refractivity contribution in [1.29, 1.82) is 0 Å². The highest BCUT2D eigenvalue weighted by Gasteiger charge is 2.62. The van der Waals surface area contributed by atoms with Gasteiger partial charge in [0.05, 0.1) is 12.7 Å². The molecule has 2 aliphatic rings. The minimum absolute atomic E-state index is 0.0216. The Bertz CT molecular complexity index is 869. The zero-order chi connectivity index (χ0) is 27.8. The SMILES string of the molecule is C=CCCCCC[C@H](NC(=O)OC(C)(C)C)C(=O)N1C[C@H](O)C[C@H]1C(=O)N[C@]1(C(=O)OCC)C[C@H]1C=C. The van der Waals surface area contributed by atoms with Crippen LogP contribution in [0.1, 0.15) is 72.6 Å². The van der Waals surface area contributed by atoms with E-state index in [9.17, 15) is 24.3 Å². The Morgan fingerprint density at radius 3 is 2.46 bits per heavy atom. The minimum atomic E-state index is -1.21. The molecule has 0 radical (unpaired) electrons. The second-order valence-corrected chi connectivity index (χ2v) is 10.7. The molecule has 208 valence electrons. The third kappa shape index (κ3) is 8.31. The maximum absolute atomic E-state index is 13.6. The number of aliphatic hydroxyl groups is 1. The highest BCUT2D eigenvalue weighted by atomic mass is 16.6. The van der Waals surface area contributed by atoms with Crippen molar-refractivity contribution in [1.82, 2.24) is 15.5 Å². The van der Waals surface area contributed by atoms with Crippen LogP contribution in [0.2, 0.25) is 0 Å². The molecule has 37 heavy (non-hydrogen) atoms. The molecule has 5 atom stereocenters. The molecule has 2 rings (SSSR count). The molecular formula is C27H43N3O7. The number of nitrogens with zero attached hydrogens (tertiary/aromatic N) is 1. The van der Waals surface area contributed by atoms with Gasteiger partial charge in [0.2, 0.25) is 11.8 Å². The number of esters is 1. The molecule has 3 amide bonds. The van der Waals surface area contributed by atoms with E-state index in [4.69, 9.17) is 9.47 Å². The van der Waals surface area contributed by atoms with Gasteiger partial charge >= 0.3 is 12.1 Å². The number of aliphatic hydroxyl groups excluding tert-OH is 1. The number of nitrogens with one attached hydrogen (secondary N) is 2. The van der Waals surface area contributed by atoms with Gasteiger partial charge in [0.1, 0.15) is 23.2 Å². The van der Waals surface area contributed by atoms with Crippen LogP contribution in [-0.2, 0) is 23.9 Å². The Labute approximate surface area is 219 Å². The fourth-order valence-electron chi connectivity index (χ4n) is 4.59. The number of unbranched alkanes of at least 4 members (excludes halogenated alkanes) is 3. The van der Waals surface area contributed by atoms with Crippen molar-refractivity contribution in [3.05, 3.63) is 25.3 Å². The van der Waals surface area contributed by atoms with Crippen molar-refractivity contribution in [2.45, 2.75) is 102 Å². The number of amides is 3. The van der Waals surface area contributed by atoms with Crippen LogP contribution in [-0.4, -0.2) is 76.4 Å². The molecule has 1 saturated heterocycles. The van der Waals surface area contributed by atoms with Crippen LogP contribution in [0.3, 0.4) is 0 Å². The van der Waals surface area contributed by atoms with E-state index in [0.29, 0.717) is 19.3 Å². The molecule has 1 aliphatic heterocycles. The molecule has 1 heterocycles. The Kier molecular flexibility index (Phi) is 10.7. The molecule has 10 heteroatoms. The summed E-state index contributed by atoms with van der Waals surface area (Å²) in [6.07, 6.45) is 5.77. The fraction of sp³-hybridized carbons (Fsp3) is 0.704. The number of alkyl carbamates (subject to hydrolysis) is 1. The maximum atomic E-state index is 13.6. The molecule has 0 aromatic heterocycles. The fourth-order valence-corrected chi connectivity index (χ4v) is 4.59. The smallest absolute Gasteiger partial charge is 0.408 e. The summed E-state index contributed by atoms with van der Waals surface area (Å²) in [5.41, 5.74) is -1.96. The Balaban J connectivity index is 2.17. The zero-order valence-corrected chi connectivity index (χ0v) is 22.6. The van der Waals surface area contributed by atoms with Gasteiger partial charge in [0, 0.05) is 18.9 Å². The number of ether oxygens (including phenoxy) is 2. The first kappa shape index (κ1) is 30.3.